The molecule has 1 saturated heterocycles. The Morgan fingerprint density at radius 1 is 1.33 bits per heavy atom. The van der Waals surface area contributed by atoms with Crippen LogP contribution in [-0.2, 0) is 4.74 Å². The SMILES string of the molecule is Nc1ncc(Cl)c(-c2cnn3cccnc23)n1.OC1CCCOC1. The third-order valence-electron chi connectivity index (χ3n) is 3.43. The Morgan fingerprint density at radius 2 is 2.21 bits per heavy atom. The fourth-order valence-electron chi connectivity index (χ4n) is 2.29. The van der Waals surface area contributed by atoms with E-state index in [1.165, 1.54) is 6.20 Å². The van der Waals surface area contributed by atoms with E-state index in [1.807, 2.05) is 0 Å². The Kier molecular flexibility index (Phi) is 5.19. The van der Waals surface area contributed by atoms with E-state index in [0.717, 1.165) is 25.0 Å². The summed E-state index contributed by atoms with van der Waals surface area (Å²) in [7, 11) is 0. The molecule has 1 atom stereocenters. The molecule has 1 aliphatic rings. The summed E-state index contributed by atoms with van der Waals surface area (Å²) in [6.07, 6.45) is 8.33. The Hall–Kier alpha value is -2.29. The molecule has 3 aromatic rings. The summed E-state index contributed by atoms with van der Waals surface area (Å²) < 4.78 is 6.57. The van der Waals surface area contributed by atoms with Gasteiger partial charge >= 0.3 is 0 Å². The largest absolute Gasteiger partial charge is 0.391 e. The number of nitrogen functional groups attached to an aromatic ring is 1. The van der Waals surface area contributed by atoms with E-state index in [1.54, 1.807) is 29.2 Å². The number of hydrogen-bond acceptors (Lipinski definition) is 7. The molecule has 0 bridgehead atoms. The Morgan fingerprint density at radius 3 is 2.92 bits per heavy atom. The number of aliphatic hydroxyl groups excluding tert-OH is 1. The molecule has 24 heavy (non-hydrogen) atoms. The number of nitrogens with zero attached hydrogens (tertiary/aromatic N) is 5. The van der Waals surface area contributed by atoms with E-state index >= 15 is 0 Å². The number of anilines is 1. The average Bonchev–Trinajstić information content (AvgIpc) is 3.02. The van der Waals surface area contributed by atoms with Gasteiger partial charge in [-0.3, -0.25) is 0 Å². The van der Waals surface area contributed by atoms with Crippen molar-refractivity contribution < 1.29 is 9.84 Å². The van der Waals surface area contributed by atoms with Crippen molar-refractivity contribution in [3.63, 3.8) is 0 Å². The lowest BCUT2D eigenvalue weighted by Gasteiger charge is -2.15. The van der Waals surface area contributed by atoms with E-state index in [0.29, 0.717) is 23.0 Å². The quantitative estimate of drug-likeness (QED) is 0.686. The molecular weight excluding hydrogens is 332 g/mol. The van der Waals surface area contributed by atoms with E-state index < -0.39 is 0 Å². The molecule has 126 valence electrons. The Balaban J connectivity index is 0.000000203. The molecule has 3 N–H and O–H groups in total. The van der Waals surface area contributed by atoms with Gasteiger partial charge in [0.2, 0.25) is 5.95 Å². The number of ether oxygens (including phenoxy) is 1. The summed E-state index contributed by atoms with van der Waals surface area (Å²) in [5.41, 5.74) is 7.48. The first-order valence-corrected chi connectivity index (χ1v) is 7.85. The molecule has 0 aliphatic carbocycles. The maximum Gasteiger partial charge on any atom is 0.220 e. The lowest BCUT2D eigenvalue weighted by molar-refractivity contribution is -0.00535. The van der Waals surface area contributed by atoms with Crippen LogP contribution in [0.25, 0.3) is 16.9 Å². The smallest absolute Gasteiger partial charge is 0.220 e. The van der Waals surface area contributed by atoms with Crippen molar-refractivity contribution in [3.05, 3.63) is 35.9 Å². The van der Waals surface area contributed by atoms with Crippen LogP contribution in [0, 0.1) is 0 Å². The number of aromatic nitrogens is 5. The Labute approximate surface area is 143 Å². The fraction of sp³-hybridized carbons (Fsp3) is 0.333. The zero-order valence-corrected chi connectivity index (χ0v) is 13.6. The minimum atomic E-state index is -0.186. The molecule has 9 heteroatoms. The van der Waals surface area contributed by atoms with Crippen molar-refractivity contribution in [2.24, 2.45) is 0 Å². The summed E-state index contributed by atoms with van der Waals surface area (Å²) in [4.78, 5) is 12.2. The van der Waals surface area contributed by atoms with Crippen molar-refractivity contribution in [1.29, 1.82) is 0 Å². The predicted molar refractivity (Wildman–Crippen MR) is 89.5 cm³/mol. The van der Waals surface area contributed by atoms with Gasteiger partial charge < -0.3 is 15.6 Å². The highest BCUT2D eigenvalue weighted by atomic mass is 35.5. The number of fused-ring (bicyclic) bond motifs is 1. The highest BCUT2D eigenvalue weighted by molar-refractivity contribution is 6.33. The lowest BCUT2D eigenvalue weighted by Crippen LogP contribution is -2.21. The Bertz CT molecular complexity index is 819. The van der Waals surface area contributed by atoms with Crippen LogP contribution in [0.1, 0.15) is 12.8 Å². The summed E-state index contributed by atoms with van der Waals surface area (Å²) in [6, 6.07) is 1.79. The third-order valence-corrected chi connectivity index (χ3v) is 3.71. The first-order chi connectivity index (χ1) is 11.6. The van der Waals surface area contributed by atoms with Crippen molar-refractivity contribution in [2.75, 3.05) is 18.9 Å². The molecule has 0 spiro atoms. The van der Waals surface area contributed by atoms with Crippen LogP contribution in [0.15, 0.2) is 30.9 Å². The van der Waals surface area contributed by atoms with Crippen LogP contribution < -0.4 is 5.73 Å². The van der Waals surface area contributed by atoms with Gasteiger partial charge in [-0.2, -0.15) is 5.10 Å². The number of aliphatic hydroxyl groups is 1. The van der Waals surface area contributed by atoms with Gasteiger partial charge in [0.05, 0.1) is 41.4 Å². The highest BCUT2D eigenvalue weighted by Crippen LogP contribution is 2.27. The van der Waals surface area contributed by atoms with Crippen molar-refractivity contribution in [2.45, 2.75) is 18.9 Å². The van der Waals surface area contributed by atoms with Gasteiger partial charge in [0.1, 0.15) is 0 Å². The molecule has 1 aliphatic heterocycles. The second-order valence-electron chi connectivity index (χ2n) is 5.24. The van der Waals surface area contributed by atoms with Gasteiger partial charge in [0.25, 0.3) is 0 Å². The molecule has 0 saturated carbocycles. The van der Waals surface area contributed by atoms with Gasteiger partial charge in [0.15, 0.2) is 5.65 Å². The molecule has 0 amide bonds. The number of rotatable bonds is 1. The fourth-order valence-corrected chi connectivity index (χ4v) is 2.48. The second-order valence-corrected chi connectivity index (χ2v) is 5.65. The minimum Gasteiger partial charge on any atom is -0.391 e. The van der Waals surface area contributed by atoms with Crippen LogP contribution in [0.3, 0.4) is 0 Å². The molecule has 0 aromatic carbocycles. The van der Waals surface area contributed by atoms with Gasteiger partial charge in [0, 0.05) is 19.0 Å². The summed E-state index contributed by atoms with van der Waals surface area (Å²) >= 11 is 6.04. The molecule has 4 heterocycles. The first kappa shape index (κ1) is 16.6. The van der Waals surface area contributed by atoms with Crippen LogP contribution in [0.2, 0.25) is 5.02 Å². The van der Waals surface area contributed by atoms with Crippen LogP contribution in [0.4, 0.5) is 5.95 Å². The van der Waals surface area contributed by atoms with E-state index in [-0.39, 0.29) is 12.1 Å². The number of hydrogen-bond donors (Lipinski definition) is 2. The van der Waals surface area contributed by atoms with E-state index in [2.05, 4.69) is 20.1 Å². The number of halogens is 1. The highest BCUT2D eigenvalue weighted by Gasteiger charge is 2.13. The standard InChI is InChI=1S/C10H7ClN6.C5H10O2/c11-7-5-14-10(12)16-8(7)6-4-15-17-3-1-2-13-9(6)17;6-5-2-1-3-7-4-5/h1-5H,(H2,12,14,16);5-6H,1-4H2. The zero-order chi connectivity index (χ0) is 16.9. The van der Waals surface area contributed by atoms with Crippen LogP contribution >= 0.6 is 11.6 Å². The third kappa shape index (κ3) is 3.78. The van der Waals surface area contributed by atoms with Gasteiger partial charge in [-0.1, -0.05) is 11.6 Å². The van der Waals surface area contributed by atoms with Crippen LogP contribution in [0.5, 0.6) is 0 Å². The molecule has 3 aromatic heterocycles. The molecular formula is C15H17ClN6O2. The van der Waals surface area contributed by atoms with Gasteiger partial charge in [-0.05, 0) is 18.9 Å². The summed E-state index contributed by atoms with van der Waals surface area (Å²) in [5.74, 6) is 0.166. The normalized spacial score (nSPS) is 17.3. The molecule has 8 nitrogen and oxygen atoms in total. The van der Waals surface area contributed by atoms with Gasteiger partial charge in [-0.15, -0.1) is 0 Å². The topological polar surface area (TPSA) is 111 Å². The molecule has 1 fully saturated rings. The summed E-state index contributed by atoms with van der Waals surface area (Å²) in [5, 5.41) is 13.4. The van der Waals surface area contributed by atoms with E-state index in [4.69, 9.17) is 27.2 Å². The predicted octanol–water partition coefficient (Wildman–Crippen LogP) is 1.58. The monoisotopic (exact) mass is 348 g/mol. The molecule has 0 radical (unpaired) electrons. The van der Waals surface area contributed by atoms with Crippen molar-refractivity contribution in [3.8, 4) is 11.3 Å². The van der Waals surface area contributed by atoms with Crippen LogP contribution in [-0.4, -0.2) is 49.0 Å². The lowest BCUT2D eigenvalue weighted by atomic mass is 10.2. The van der Waals surface area contributed by atoms with Crippen molar-refractivity contribution in [1.82, 2.24) is 24.6 Å². The van der Waals surface area contributed by atoms with Crippen molar-refractivity contribution >= 4 is 23.2 Å². The maximum atomic E-state index is 8.78. The van der Waals surface area contributed by atoms with E-state index in [9.17, 15) is 0 Å². The molecule has 1 unspecified atom stereocenters. The average molecular weight is 349 g/mol. The maximum absolute atomic E-state index is 8.78. The summed E-state index contributed by atoms with van der Waals surface area (Å²) in [6.45, 7) is 1.37. The minimum absolute atomic E-state index is 0.166. The zero-order valence-electron chi connectivity index (χ0n) is 12.8. The van der Waals surface area contributed by atoms with Gasteiger partial charge in [-0.25, -0.2) is 19.5 Å². The second kappa shape index (κ2) is 7.52. The number of nitrogens with two attached hydrogens (primary N) is 1. The molecule has 4 rings (SSSR count). The first-order valence-electron chi connectivity index (χ1n) is 7.47.